The summed E-state index contributed by atoms with van der Waals surface area (Å²) in [5.74, 6) is 2.95. The molecule has 4 atom stereocenters. The lowest BCUT2D eigenvalue weighted by Gasteiger charge is -2.52. The lowest BCUT2D eigenvalue weighted by Crippen LogP contribution is -2.60. The lowest BCUT2D eigenvalue weighted by atomic mass is 9.68. The Morgan fingerprint density at radius 1 is 1.40 bits per heavy atom. The van der Waals surface area contributed by atoms with E-state index < -0.39 is 5.60 Å². The molecule has 1 N–H and O–H groups in total. The monoisotopic (exact) mass is 207 g/mol. The van der Waals surface area contributed by atoms with Crippen molar-refractivity contribution >= 4 is 0 Å². The first-order valence-corrected chi connectivity index (χ1v) is 6.00. The molecule has 1 aliphatic heterocycles. The first-order valence-electron chi connectivity index (χ1n) is 6.00. The number of hydrogen-bond donors (Lipinski definition) is 1. The molecule has 84 valence electrons. The van der Waals surface area contributed by atoms with Crippen LogP contribution in [0.1, 0.15) is 39.0 Å². The minimum absolute atomic E-state index is 0.289. The SMILES string of the molecule is C#C[C@]1(O)C[C@H](C)N(C)[C@@H]2CCCC[C@H]21. The molecule has 0 unspecified atom stereocenters. The molecule has 2 rings (SSSR count). The lowest BCUT2D eigenvalue weighted by molar-refractivity contribution is -0.0913. The van der Waals surface area contributed by atoms with E-state index in [1.807, 2.05) is 0 Å². The summed E-state index contributed by atoms with van der Waals surface area (Å²) in [7, 11) is 2.17. The maximum Gasteiger partial charge on any atom is 0.131 e. The van der Waals surface area contributed by atoms with Crippen molar-refractivity contribution in [3.05, 3.63) is 0 Å². The molecule has 0 amide bonds. The van der Waals surface area contributed by atoms with Crippen LogP contribution in [0, 0.1) is 18.3 Å². The van der Waals surface area contributed by atoms with Crippen molar-refractivity contribution in [3.8, 4) is 12.3 Å². The normalized spacial score (nSPS) is 46.9. The number of terminal acetylenes is 1. The van der Waals surface area contributed by atoms with Gasteiger partial charge in [-0.15, -0.1) is 6.42 Å². The quantitative estimate of drug-likeness (QED) is 0.610. The smallest absolute Gasteiger partial charge is 0.131 e. The summed E-state index contributed by atoms with van der Waals surface area (Å²) in [5.41, 5.74) is -0.850. The molecule has 1 saturated carbocycles. The highest BCUT2D eigenvalue weighted by atomic mass is 16.3. The van der Waals surface area contributed by atoms with Gasteiger partial charge in [-0.3, -0.25) is 0 Å². The fraction of sp³-hybridized carbons (Fsp3) is 0.846. The molecule has 1 aliphatic carbocycles. The van der Waals surface area contributed by atoms with Crippen LogP contribution in [0.15, 0.2) is 0 Å². The van der Waals surface area contributed by atoms with Gasteiger partial charge >= 0.3 is 0 Å². The molecule has 0 aromatic carbocycles. The molecule has 15 heavy (non-hydrogen) atoms. The van der Waals surface area contributed by atoms with Crippen molar-refractivity contribution in [1.82, 2.24) is 4.90 Å². The van der Waals surface area contributed by atoms with E-state index in [-0.39, 0.29) is 5.92 Å². The van der Waals surface area contributed by atoms with Crippen molar-refractivity contribution < 1.29 is 5.11 Å². The predicted octanol–water partition coefficient (Wildman–Crippen LogP) is 1.63. The molecular weight excluding hydrogens is 186 g/mol. The summed E-state index contributed by atoms with van der Waals surface area (Å²) in [6.07, 6.45) is 11.0. The van der Waals surface area contributed by atoms with E-state index in [0.29, 0.717) is 12.1 Å². The maximum atomic E-state index is 10.5. The fourth-order valence-corrected chi connectivity index (χ4v) is 3.39. The van der Waals surface area contributed by atoms with Crippen LogP contribution in [0.5, 0.6) is 0 Å². The highest BCUT2D eigenvalue weighted by molar-refractivity contribution is 5.17. The van der Waals surface area contributed by atoms with Gasteiger partial charge in [0.25, 0.3) is 0 Å². The third-order valence-electron chi connectivity index (χ3n) is 4.42. The molecule has 0 bridgehead atoms. The van der Waals surface area contributed by atoms with Crippen LogP contribution >= 0.6 is 0 Å². The molecular formula is C13H21NO. The third-order valence-corrected chi connectivity index (χ3v) is 4.42. The average Bonchev–Trinajstić information content (AvgIpc) is 2.26. The van der Waals surface area contributed by atoms with Crippen molar-refractivity contribution in [3.63, 3.8) is 0 Å². The van der Waals surface area contributed by atoms with Crippen LogP contribution in [0.4, 0.5) is 0 Å². The zero-order valence-corrected chi connectivity index (χ0v) is 9.74. The fourth-order valence-electron chi connectivity index (χ4n) is 3.39. The van der Waals surface area contributed by atoms with Gasteiger partial charge in [-0.2, -0.15) is 0 Å². The van der Waals surface area contributed by atoms with Gasteiger partial charge in [0.2, 0.25) is 0 Å². The average molecular weight is 207 g/mol. The van der Waals surface area contributed by atoms with E-state index in [9.17, 15) is 5.11 Å². The molecule has 1 saturated heterocycles. The van der Waals surface area contributed by atoms with Crippen LogP contribution in [0.2, 0.25) is 0 Å². The predicted molar refractivity (Wildman–Crippen MR) is 61.4 cm³/mol. The summed E-state index contributed by atoms with van der Waals surface area (Å²) >= 11 is 0. The number of rotatable bonds is 0. The molecule has 2 fully saturated rings. The molecule has 0 spiro atoms. The van der Waals surface area contributed by atoms with Gasteiger partial charge < -0.3 is 10.0 Å². The van der Waals surface area contributed by atoms with Crippen molar-refractivity contribution in [1.29, 1.82) is 0 Å². The molecule has 1 heterocycles. The minimum Gasteiger partial charge on any atom is -0.377 e. The number of aliphatic hydroxyl groups is 1. The second kappa shape index (κ2) is 3.81. The Kier molecular flexibility index (Phi) is 2.79. The molecule has 2 aliphatic rings. The zero-order valence-electron chi connectivity index (χ0n) is 9.74. The molecule has 2 heteroatoms. The highest BCUT2D eigenvalue weighted by Gasteiger charge is 2.48. The van der Waals surface area contributed by atoms with E-state index in [2.05, 4.69) is 24.8 Å². The number of nitrogens with zero attached hydrogens (tertiary/aromatic N) is 1. The molecule has 0 radical (unpaired) electrons. The topological polar surface area (TPSA) is 23.5 Å². The molecule has 2 nitrogen and oxygen atoms in total. The van der Waals surface area contributed by atoms with Gasteiger partial charge in [0.05, 0.1) is 0 Å². The number of fused-ring (bicyclic) bond motifs is 1. The van der Waals surface area contributed by atoms with Crippen molar-refractivity contribution in [2.75, 3.05) is 7.05 Å². The Morgan fingerprint density at radius 3 is 2.73 bits per heavy atom. The second-order valence-corrected chi connectivity index (χ2v) is 5.25. The van der Waals surface area contributed by atoms with E-state index in [4.69, 9.17) is 6.42 Å². The Labute approximate surface area is 92.7 Å². The molecule has 0 aromatic rings. The van der Waals surface area contributed by atoms with E-state index in [1.165, 1.54) is 19.3 Å². The Hall–Kier alpha value is -0.520. The Balaban J connectivity index is 2.27. The summed E-state index contributed by atoms with van der Waals surface area (Å²) in [5, 5.41) is 10.5. The summed E-state index contributed by atoms with van der Waals surface area (Å²) in [6, 6.07) is 0.883. The summed E-state index contributed by atoms with van der Waals surface area (Å²) < 4.78 is 0. The Bertz CT molecular complexity index is 283. The summed E-state index contributed by atoms with van der Waals surface area (Å²) in [4.78, 5) is 2.41. The standard InChI is InChI=1S/C13H21NO/c1-4-13(15)9-10(2)14(3)12-8-6-5-7-11(12)13/h1,10-12,15H,5-9H2,2-3H3/t10-,11+,12+,13-/m0/s1. The zero-order chi connectivity index (χ0) is 11.1. The maximum absolute atomic E-state index is 10.5. The first kappa shape index (κ1) is 11.0. The van der Waals surface area contributed by atoms with E-state index in [0.717, 1.165) is 12.8 Å². The van der Waals surface area contributed by atoms with Gasteiger partial charge in [0.1, 0.15) is 5.60 Å². The van der Waals surface area contributed by atoms with Crippen LogP contribution in [0.25, 0.3) is 0 Å². The first-order chi connectivity index (χ1) is 7.08. The van der Waals surface area contributed by atoms with Crippen LogP contribution in [0.3, 0.4) is 0 Å². The van der Waals surface area contributed by atoms with Gasteiger partial charge in [-0.05, 0) is 26.8 Å². The summed E-state index contributed by atoms with van der Waals surface area (Å²) in [6.45, 7) is 2.16. The highest BCUT2D eigenvalue weighted by Crippen LogP contribution is 2.42. The van der Waals surface area contributed by atoms with Crippen LogP contribution in [-0.4, -0.2) is 34.7 Å². The largest absolute Gasteiger partial charge is 0.377 e. The number of likely N-dealkylation sites (tertiary alicyclic amines) is 1. The van der Waals surface area contributed by atoms with Crippen molar-refractivity contribution in [2.45, 2.75) is 56.7 Å². The van der Waals surface area contributed by atoms with Gasteiger partial charge in [-0.1, -0.05) is 18.8 Å². The van der Waals surface area contributed by atoms with Crippen molar-refractivity contribution in [2.24, 2.45) is 5.92 Å². The minimum atomic E-state index is -0.850. The van der Waals surface area contributed by atoms with E-state index >= 15 is 0 Å². The molecule has 0 aromatic heterocycles. The van der Waals surface area contributed by atoms with Gasteiger partial charge in [0.15, 0.2) is 0 Å². The third kappa shape index (κ3) is 1.68. The van der Waals surface area contributed by atoms with Crippen LogP contribution < -0.4 is 0 Å². The van der Waals surface area contributed by atoms with E-state index in [1.54, 1.807) is 0 Å². The number of piperidine rings is 1. The van der Waals surface area contributed by atoms with Gasteiger partial charge in [-0.25, -0.2) is 0 Å². The Morgan fingerprint density at radius 2 is 2.07 bits per heavy atom. The number of hydrogen-bond acceptors (Lipinski definition) is 2. The second-order valence-electron chi connectivity index (χ2n) is 5.25. The van der Waals surface area contributed by atoms with Crippen LogP contribution in [-0.2, 0) is 0 Å². The van der Waals surface area contributed by atoms with Gasteiger partial charge in [0, 0.05) is 24.4 Å².